The lowest BCUT2D eigenvalue weighted by atomic mass is 10.1. The Morgan fingerprint density at radius 3 is 1.94 bits per heavy atom. The summed E-state index contributed by atoms with van der Waals surface area (Å²) >= 11 is 0. The lowest BCUT2D eigenvalue weighted by Crippen LogP contribution is -2.21. The molecule has 0 aliphatic heterocycles. The molecule has 1 aromatic rings. The first-order chi connectivity index (χ1) is 8.30. The van der Waals surface area contributed by atoms with Crippen LogP contribution in [0.25, 0.3) is 0 Å². The number of hydrogen-bond donors (Lipinski definition) is 0. The van der Waals surface area contributed by atoms with Gasteiger partial charge in [0.2, 0.25) is 0 Å². The number of aldehydes is 1. The van der Waals surface area contributed by atoms with Gasteiger partial charge in [0.1, 0.15) is 6.29 Å². The summed E-state index contributed by atoms with van der Waals surface area (Å²) in [7, 11) is 0.359. The molecule has 0 aliphatic carbocycles. The zero-order chi connectivity index (χ0) is 13.9. The third kappa shape index (κ3) is 2.97. The van der Waals surface area contributed by atoms with Gasteiger partial charge in [0.15, 0.2) is 9.84 Å². The highest BCUT2D eigenvalue weighted by Crippen LogP contribution is 2.20. The number of carbonyl (C=O) groups is 1. The molecule has 1 rings (SSSR count). The molecule has 0 saturated carbocycles. The molecule has 0 amide bonds. The molecule has 0 N–H and O–H groups in total. The van der Waals surface area contributed by atoms with Gasteiger partial charge in [0, 0.05) is 0 Å². The van der Waals surface area contributed by atoms with Crippen molar-refractivity contribution in [3.63, 3.8) is 0 Å². The van der Waals surface area contributed by atoms with E-state index in [0.29, 0.717) is 4.90 Å². The number of likely N-dealkylation sites (N-methyl/N-ethyl adjacent to an activating group) is 1. The number of hydrogen-bond acceptors (Lipinski definition) is 4. The van der Waals surface area contributed by atoms with Gasteiger partial charge in [0.05, 0.1) is 16.2 Å². The van der Waals surface area contributed by atoms with Gasteiger partial charge in [-0.25, -0.2) is 8.42 Å². The molecule has 100 valence electrons. The van der Waals surface area contributed by atoms with Gasteiger partial charge in [-0.2, -0.15) is 0 Å². The molecule has 0 spiro atoms. The Bertz CT molecular complexity index is 504. The Kier molecular flexibility index (Phi) is 4.65. The second-order valence-electron chi connectivity index (χ2n) is 4.71. The summed E-state index contributed by atoms with van der Waals surface area (Å²) in [6, 6.07) is 6.15. The molecule has 1 atom stereocenters. The van der Waals surface area contributed by atoms with E-state index in [2.05, 4.69) is 0 Å². The van der Waals surface area contributed by atoms with Crippen molar-refractivity contribution in [3.05, 3.63) is 29.8 Å². The van der Waals surface area contributed by atoms with Crippen molar-refractivity contribution in [1.82, 2.24) is 4.90 Å². The first-order valence-corrected chi connectivity index (χ1v) is 7.31. The molecule has 4 nitrogen and oxygen atoms in total. The fraction of sp³-hybridized carbons (Fsp3) is 0.462. The summed E-state index contributed by atoms with van der Waals surface area (Å²) in [6.07, 6.45) is 0.839. The van der Waals surface area contributed by atoms with Crippen LogP contribution in [-0.4, -0.2) is 38.9 Å². The van der Waals surface area contributed by atoms with Crippen LogP contribution < -0.4 is 0 Å². The molecule has 0 aromatic heterocycles. The molecule has 0 aliphatic rings. The number of nitrogens with zero attached hydrogens (tertiary/aromatic N) is 1. The summed E-state index contributed by atoms with van der Waals surface area (Å²) in [6.45, 7) is 3.30. The van der Waals surface area contributed by atoms with Crippen LogP contribution in [-0.2, 0) is 14.6 Å². The van der Waals surface area contributed by atoms with E-state index < -0.39 is 15.1 Å². The first kappa shape index (κ1) is 14.9. The van der Waals surface area contributed by atoms with E-state index in [1.807, 2.05) is 0 Å². The van der Waals surface area contributed by atoms with Gasteiger partial charge in [-0.1, -0.05) is 12.1 Å². The van der Waals surface area contributed by atoms with Crippen molar-refractivity contribution in [2.24, 2.45) is 0 Å². The number of sulfone groups is 1. The van der Waals surface area contributed by atoms with Gasteiger partial charge in [-0.05, 0) is 45.6 Å². The molecule has 0 bridgehead atoms. The molecule has 1 aromatic carbocycles. The maximum absolute atomic E-state index is 11.9. The SMILES string of the molecule is CC(C)S(=O)(=O)c1ccc(C(C=O)N(C)C)cc1. The second-order valence-corrected chi connectivity index (χ2v) is 7.21. The maximum Gasteiger partial charge on any atom is 0.180 e. The van der Waals surface area contributed by atoms with Crippen LogP contribution in [0.5, 0.6) is 0 Å². The molecule has 1 unspecified atom stereocenters. The number of carbonyl (C=O) groups excluding carboxylic acids is 1. The van der Waals surface area contributed by atoms with Crippen molar-refractivity contribution in [2.75, 3.05) is 14.1 Å². The Morgan fingerprint density at radius 1 is 1.11 bits per heavy atom. The quantitative estimate of drug-likeness (QED) is 0.763. The van der Waals surface area contributed by atoms with Crippen LogP contribution in [0.2, 0.25) is 0 Å². The average molecular weight is 269 g/mol. The highest BCUT2D eigenvalue weighted by molar-refractivity contribution is 7.92. The van der Waals surface area contributed by atoms with Crippen molar-refractivity contribution in [2.45, 2.75) is 30.0 Å². The number of benzene rings is 1. The van der Waals surface area contributed by atoms with E-state index >= 15 is 0 Å². The van der Waals surface area contributed by atoms with Gasteiger partial charge in [-0.15, -0.1) is 0 Å². The van der Waals surface area contributed by atoms with E-state index in [4.69, 9.17) is 0 Å². The third-order valence-corrected chi connectivity index (χ3v) is 5.03. The van der Waals surface area contributed by atoms with Crippen molar-refractivity contribution >= 4 is 16.1 Å². The first-order valence-electron chi connectivity index (χ1n) is 5.76. The fourth-order valence-corrected chi connectivity index (χ4v) is 2.69. The zero-order valence-corrected chi connectivity index (χ0v) is 11.9. The molecule has 0 saturated heterocycles. The van der Waals surface area contributed by atoms with Crippen LogP contribution in [0.1, 0.15) is 25.5 Å². The lowest BCUT2D eigenvalue weighted by molar-refractivity contribution is -0.111. The van der Waals surface area contributed by atoms with E-state index in [-0.39, 0.29) is 6.04 Å². The van der Waals surface area contributed by atoms with E-state index in [0.717, 1.165) is 11.8 Å². The van der Waals surface area contributed by atoms with Gasteiger partial charge >= 0.3 is 0 Å². The highest BCUT2D eigenvalue weighted by atomic mass is 32.2. The number of rotatable bonds is 5. The summed E-state index contributed by atoms with van der Waals surface area (Å²) in [5, 5.41) is -0.445. The largest absolute Gasteiger partial charge is 0.301 e. The van der Waals surface area contributed by atoms with Crippen molar-refractivity contribution < 1.29 is 13.2 Å². The summed E-state index contributed by atoms with van der Waals surface area (Å²) in [4.78, 5) is 13.0. The van der Waals surface area contributed by atoms with Crippen LogP contribution in [0.4, 0.5) is 0 Å². The average Bonchev–Trinajstić information content (AvgIpc) is 2.30. The predicted octanol–water partition coefficient (Wildman–Crippen LogP) is 1.67. The maximum atomic E-state index is 11.9. The van der Waals surface area contributed by atoms with Crippen LogP contribution >= 0.6 is 0 Å². The summed E-state index contributed by atoms with van der Waals surface area (Å²) in [5.41, 5.74) is 0.790. The van der Waals surface area contributed by atoms with E-state index in [9.17, 15) is 13.2 Å². The summed E-state index contributed by atoms with van der Waals surface area (Å²) < 4.78 is 23.9. The van der Waals surface area contributed by atoms with Crippen LogP contribution in [0.3, 0.4) is 0 Å². The Balaban J connectivity index is 3.11. The smallest absolute Gasteiger partial charge is 0.180 e. The molecule has 5 heteroatoms. The monoisotopic (exact) mass is 269 g/mol. The van der Waals surface area contributed by atoms with Crippen molar-refractivity contribution in [3.8, 4) is 0 Å². The van der Waals surface area contributed by atoms with Gasteiger partial charge in [0.25, 0.3) is 0 Å². The molecule has 0 radical (unpaired) electrons. The normalized spacial score (nSPS) is 13.9. The highest BCUT2D eigenvalue weighted by Gasteiger charge is 2.20. The summed E-state index contributed by atoms with van der Waals surface area (Å²) in [5.74, 6) is 0. The standard InChI is InChI=1S/C13H19NO3S/c1-10(2)18(16,17)12-7-5-11(6-8-12)13(9-15)14(3)4/h5-10,13H,1-4H3. The predicted molar refractivity (Wildman–Crippen MR) is 71.3 cm³/mol. The topological polar surface area (TPSA) is 54.5 Å². The molecule has 0 fully saturated rings. The van der Waals surface area contributed by atoms with Crippen LogP contribution in [0.15, 0.2) is 29.2 Å². The minimum absolute atomic E-state index is 0.296. The van der Waals surface area contributed by atoms with E-state index in [1.54, 1.807) is 57.1 Å². The minimum atomic E-state index is -3.25. The van der Waals surface area contributed by atoms with Gasteiger partial charge in [-0.3, -0.25) is 4.90 Å². The van der Waals surface area contributed by atoms with E-state index in [1.165, 1.54) is 0 Å². The third-order valence-electron chi connectivity index (χ3n) is 2.86. The minimum Gasteiger partial charge on any atom is -0.301 e. The second kappa shape index (κ2) is 5.63. The fourth-order valence-electron chi connectivity index (χ4n) is 1.63. The lowest BCUT2D eigenvalue weighted by Gasteiger charge is -2.19. The molecule has 0 heterocycles. The zero-order valence-electron chi connectivity index (χ0n) is 11.1. The Hall–Kier alpha value is -1.20. The van der Waals surface area contributed by atoms with Crippen LogP contribution in [0, 0.1) is 0 Å². The molecular formula is C13H19NO3S. The molecule has 18 heavy (non-hydrogen) atoms. The molecular weight excluding hydrogens is 250 g/mol. The van der Waals surface area contributed by atoms with Crippen molar-refractivity contribution in [1.29, 1.82) is 0 Å². The Labute approximate surface area is 109 Å². The Morgan fingerprint density at radius 2 is 1.61 bits per heavy atom. The van der Waals surface area contributed by atoms with Gasteiger partial charge < -0.3 is 4.79 Å².